The molecule has 0 unspecified atom stereocenters. The van der Waals surface area contributed by atoms with Crippen LogP contribution in [0.15, 0.2) is 18.2 Å². The molecule has 0 spiro atoms. The van der Waals surface area contributed by atoms with Crippen LogP contribution < -0.4 is 10.1 Å². The van der Waals surface area contributed by atoms with Gasteiger partial charge in [0.1, 0.15) is 11.9 Å². The number of nitrogens with zero attached hydrogens (tertiary/aromatic N) is 2. The summed E-state index contributed by atoms with van der Waals surface area (Å²) in [6.07, 6.45) is -0.250. The molecule has 2 amide bonds. The first-order valence-corrected chi connectivity index (χ1v) is 13.2. The van der Waals surface area contributed by atoms with Gasteiger partial charge in [0.15, 0.2) is 0 Å². The van der Waals surface area contributed by atoms with Crippen LogP contribution in [0.2, 0.25) is 0 Å². The molecule has 0 radical (unpaired) electrons. The zero-order valence-corrected chi connectivity index (χ0v) is 22.0. The number of alkyl halides is 3. The number of aliphatic hydroxyl groups excluding tert-OH is 1. The van der Waals surface area contributed by atoms with Crippen LogP contribution in [0.3, 0.4) is 0 Å². The van der Waals surface area contributed by atoms with E-state index in [1.807, 2.05) is 6.92 Å². The lowest BCUT2D eigenvalue weighted by molar-refractivity contribution is -0.142. The normalized spacial score (nSPS) is 22.2. The molecule has 2 N–H and O–H groups in total. The predicted molar refractivity (Wildman–Crippen MR) is 136 cm³/mol. The average Bonchev–Trinajstić information content (AvgIpc) is 2.85. The van der Waals surface area contributed by atoms with E-state index in [2.05, 4.69) is 17.3 Å². The van der Waals surface area contributed by atoms with Gasteiger partial charge in [-0.25, -0.2) is 0 Å². The molecule has 2 aliphatic rings. The van der Waals surface area contributed by atoms with Crippen molar-refractivity contribution in [1.82, 2.24) is 9.80 Å². The van der Waals surface area contributed by atoms with Crippen LogP contribution in [0.5, 0.6) is 5.75 Å². The van der Waals surface area contributed by atoms with Gasteiger partial charge in [-0.3, -0.25) is 9.59 Å². The fourth-order valence-electron chi connectivity index (χ4n) is 5.19. The summed E-state index contributed by atoms with van der Waals surface area (Å²) >= 11 is 0. The van der Waals surface area contributed by atoms with Gasteiger partial charge >= 0.3 is 6.18 Å². The SMILES string of the molecule is C[C@@H]1CN([C@H](C)CO)C(=O)c2cc(NC(=O)CCC(F)(F)F)ccc2O[C@H]1CN(C)CC1CCCCC1. The largest absolute Gasteiger partial charge is 0.488 e. The van der Waals surface area contributed by atoms with Gasteiger partial charge in [0.05, 0.1) is 24.6 Å². The van der Waals surface area contributed by atoms with Gasteiger partial charge in [0.2, 0.25) is 5.91 Å². The minimum absolute atomic E-state index is 0.0124. The van der Waals surface area contributed by atoms with Gasteiger partial charge in [-0.05, 0) is 50.9 Å². The Morgan fingerprint density at radius 2 is 1.95 bits per heavy atom. The van der Waals surface area contributed by atoms with E-state index in [-0.39, 0.29) is 35.8 Å². The molecule has 0 aromatic heterocycles. The zero-order valence-electron chi connectivity index (χ0n) is 22.0. The highest BCUT2D eigenvalue weighted by Gasteiger charge is 2.34. The number of fused-ring (bicyclic) bond motifs is 1. The Morgan fingerprint density at radius 3 is 2.59 bits per heavy atom. The summed E-state index contributed by atoms with van der Waals surface area (Å²) in [5, 5.41) is 12.3. The van der Waals surface area contributed by atoms with Crippen LogP contribution in [0, 0.1) is 11.8 Å². The number of aliphatic hydroxyl groups is 1. The number of rotatable bonds is 9. The van der Waals surface area contributed by atoms with Crippen molar-refractivity contribution in [2.24, 2.45) is 11.8 Å². The van der Waals surface area contributed by atoms with E-state index in [4.69, 9.17) is 4.74 Å². The van der Waals surface area contributed by atoms with Crippen LogP contribution in [0.4, 0.5) is 18.9 Å². The van der Waals surface area contributed by atoms with Gasteiger partial charge in [-0.15, -0.1) is 0 Å². The number of amides is 2. The number of anilines is 1. The van der Waals surface area contributed by atoms with E-state index >= 15 is 0 Å². The van der Waals surface area contributed by atoms with E-state index in [9.17, 15) is 27.9 Å². The lowest BCUT2D eigenvalue weighted by Crippen LogP contribution is -2.50. The lowest BCUT2D eigenvalue weighted by Gasteiger charge is -2.38. The van der Waals surface area contributed by atoms with Crippen molar-refractivity contribution in [2.75, 3.05) is 38.6 Å². The molecule has 1 aromatic rings. The smallest absolute Gasteiger partial charge is 0.389 e. The predicted octanol–water partition coefficient (Wildman–Crippen LogP) is 4.70. The van der Waals surface area contributed by atoms with Crippen molar-refractivity contribution in [2.45, 2.75) is 77.1 Å². The fraction of sp³-hybridized carbons (Fsp3) is 0.704. The fourth-order valence-corrected chi connectivity index (χ4v) is 5.19. The van der Waals surface area contributed by atoms with Crippen molar-refractivity contribution in [3.63, 3.8) is 0 Å². The number of likely N-dealkylation sites (N-methyl/N-ethyl adjacent to an activating group) is 1. The molecule has 1 aromatic carbocycles. The Labute approximate surface area is 217 Å². The number of hydrogen-bond acceptors (Lipinski definition) is 5. The number of halogens is 3. The molecule has 1 fully saturated rings. The molecular formula is C27H40F3N3O4. The monoisotopic (exact) mass is 527 g/mol. The van der Waals surface area contributed by atoms with E-state index in [0.717, 1.165) is 6.54 Å². The summed E-state index contributed by atoms with van der Waals surface area (Å²) in [5.74, 6) is -0.125. The Kier molecular flexibility index (Phi) is 10.2. The van der Waals surface area contributed by atoms with Crippen molar-refractivity contribution in [3.05, 3.63) is 23.8 Å². The quantitative estimate of drug-likeness (QED) is 0.487. The van der Waals surface area contributed by atoms with Gasteiger partial charge in [0, 0.05) is 37.7 Å². The number of ether oxygens (including phenoxy) is 1. The minimum atomic E-state index is -4.43. The summed E-state index contributed by atoms with van der Waals surface area (Å²) < 4.78 is 43.8. The van der Waals surface area contributed by atoms with Crippen molar-refractivity contribution < 1.29 is 32.6 Å². The van der Waals surface area contributed by atoms with Crippen LogP contribution >= 0.6 is 0 Å². The molecule has 10 heteroatoms. The molecule has 1 aliphatic heterocycles. The second-order valence-corrected chi connectivity index (χ2v) is 10.7. The summed E-state index contributed by atoms with van der Waals surface area (Å²) in [6.45, 7) is 5.61. The topological polar surface area (TPSA) is 82.1 Å². The van der Waals surface area contributed by atoms with Gasteiger partial charge in [-0.2, -0.15) is 13.2 Å². The maximum atomic E-state index is 13.5. The van der Waals surface area contributed by atoms with Gasteiger partial charge in [-0.1, -0.05) is 26.2 Å². The molecule has 0 bridgehead atoms. The second kappa shape index (κ2) is 13.0. The highest BCUT2D eigenvalue weighted by atomic mass is 19.4. The summed E-state index contributed by atoms with van der Waals surface area (Å²) in [5.41, 5.74) is 0.430. The third-order valence-corrected chi connectivity index (χ3v) is 7.37. The van der Waals surface area contributed by atoms with Gasteiger partial charge < -0.3 is 25.0 Å². The number of nitrogens with one attached hydrogen (secondary N) is 1. The van der Waals surface area contributed by atoms with Crippen molar-refractivity contribution in [1.29, 1.82) is 0 Å². The molecule has 1 aliphatic carbocycles. The highest BCUT2D eigenvalue weighted by molar-refractivity contribution is 5.99. The Morgan fingerprint density at radius 1 is 1.24 bits per heavy atom. The minimum Gasteiger partial charge on any atom is -0.488 e. The number of hydrogen-bond donors (Lipinski definition) is 2. The third kappa shape index (κ3) is 8.60. The molecule has 3 atom stereocenters. The van der Waals surface area contributed by atoms with Crippen molar-refractivity contribution >= 4 is 17.5 Å². The third-order valence-electron chi connectivity index (χ3n) is 7.37. The first kappa shape index (κ1) is 29.2. The Hall–Kier alpha value is -2.33. The maximum Gasteiger partial charge on any atom is 0.389 e. The van der Waals surface area contributed by atoms with E-state index in [1.54, 1.807) is 17.9 Å². The first-order chi connectivity index (χ1) is 17.5. The molecule has 3 rings (SSSR count). The van der Waals surface area contributed by atoms with Crippen LogP contribution in [0.1, 0.15) is 69.2 Å². The second-order valence-electron chi connectivity index (χ2n) is 10.7. The molecule has 208 valence electrons. The van der Waals surface area contributed by atoms with Crippen LogP contribution in [-0.4, -0.2) is 78.3 Å². The lowest BCUT2D eigenvalue weighted by atomic mass is 9.89. The molecule has 1 saturated carbocycles. The highest BCUT2D eigenvalue weighted by Crippen LogP contribution is 2.31. The maximum absolute atomic E-state index is 13.5. The van der Waals surface area contributed by atoms with E-state index < -0.39 is 31.0 Å². The molecule has 0 saturated heterocycles. The Bertz CT molecular complexity index is 921. The number of benzene rings is 1. The van der Waals surface area contributed by atoms with Gasteiger partial charge in [0.25, 0.3) is 5.91 Å². The summed E-state index contributed by atoms with van der Waals surface area (Å²) in [7, 11) is 2.09. The van der Waals surface area contributed by atoms with E-state index in [0.29, 0.717) is 24.8 Å². The molecule has 7 nitrogen and oxygen atoms in total. The Balaban J connectivity index is 1.80. The summed E-state index contributed by atoms with van der Waals surface area (Å²) in [6, 6.07) is 4.12. The van der Waals surface area contributed by atoms with E-state index in [1.165, 1.54) is 44.2 Å². The van der Waals surface area contributed by atoms with Crippen LogP contribution in [-0.2, 0) is 4.79 Å². The molecule has 1 heterocycles. The van der Waals surface area contributed by atoms with Crippen LogP contribution in [0.25, 0.3) is 0 Å². The number of carbonyl (C=O) groups is 2. The standard InChI is InChI=1S/C27H40F3N3O4/c1-18-14-33(19(2)17-34)26(36)22-13-21(31-25(35)11-12-27(28,29)30)9-10-23(22)37-24(18)16-32(3)15-20-7-5-4-6-8-20/h9-10,13,18-20,24,34H,4-8,11-12,14-17H2,1-3H3,(H,31,35)/t18-,19-,24+/m1/s1. The summed E-state index contributed by atoms with van der Waals surface area (Å²) in [4.78, 5) is 29.4. The molecule has 37 heavy (non-hydrogen) atoms. The zero-order chi connectivity index (χ0) is 27.2. The number of carbonyl (C=O) groups excluding carboxylic acids is 2. The molecular weight excluding hydrogens is 487 g/mol. The van der Waals surface area contributed by atoms with Crippen molar-refractivity contribution in [3.8, 4) is 5.75 Å². The first-order valence-electron chi connectivity index (χ1n) is 13.2. The average molecular weight is 528 g/mol.